The third kappa shape index (κ3) is 6.47. The molecule has 202 valence electrons. The first-order valence-corrected chi connectivity index (χ1v) is 13.7. The molecular weight excluding hydrogens is 478 g/mol. The number of carbonyl (C=O) groups excluding carboxylic acids is 1. The van der Waals surface area contributed by atoms with Crippen LogP contribution < -0.4 is 14.2 Å². The largest absolute Gasteiger partial charge is 0.494 e. The molecule has 6 nitrogen and oxygen atoms in total. The maximum Gasteiger partial charge on any atom is 0.302 e. The normalized spacial score (nSPS) is 15.0. The third-order valence-corrected chi connectivity index (χ3v) is 6.92. The van der Waals surface area contributed by atoms with E-state index < -0.39 is 0 Å². The number of ether oxygens (including phenoxy) is 4. The first-order chi connectivity index (χ1) is 18.4. The number of esters is 1. The van der Waals surface area contributed by atoms with Crippen LogP contribution in [0.25, 0.3) is 11.1 Å². The summed E-state index contributed by atoms with van der Waals surface area (Å²) >= 11 is 0. The van der Waals surface area contributed by atoms with Crippen molar-refractivity contribution in [2.45, 2.75) is 72.8 Å². The lowest BCUT2D eigenvalue weighted by atomic mass is 9.90. The third-order valence-electron chi connectivity index (χ3n) is 6.92. The Morgan fingerprint density at radius 3 is 2.58 bits per heavy atom. The fraction of sp³-hybridized carbons (Fsp3) is 0.438. The van der Waals surface area contributed by atoms with Crippen LogP contribution in [0, 0.1) is 13.8 Å². The summed E-state index contributed by atoms with van der Waals surface area (Å²) < 4.78 is 22.4. The van der Waals surface area contributed by atoms with E-state index in [1.165, 1.54) is 45.9 Å². The van der Waals surface area contributed by atoms with Gasteiger partial charge in [-0.15, -0.1) is 0 Å². The second kappa shape index (κ2) is 12.8. The summed E-state index contributed by atoms with van der Waals surface area (Å²) in [6.45, 7) is 11.7. The summed E-state index contributed by atoms with van der Waals surface area (Å²) in [6.07, 6.45) is 7.03. The highest BCUT2D eigenvalue weighted by molar-refractivity contribution is 5.76. The molecule has 1 aliphatic carbocycles. The van der Waals surface area contributed by atoms with Gasteiger partial charge in [-0.2, -0.15) is 0 Å². The van der Waals surface area contributed by atoms with Gasteiger partial charge in [-0.1, -0.05) is 31.5 Å². The van der Waals surface area contributed by atoms with Crippen molar-refractivity contribution in [1.29, 1.82) is 0 Å². The van der Waals surface area contributed by atoms with E-state index in [0.717, 1.165) is 56.8 Å². The van der Waals surface area contributed by atoms with E-state index in [1.54, 1.807) is 6.92 Å². The Labute approximate surface area is 226 Å². The van der Waals surface area contributed by atoms with Gasteiger partial charge in [0.05, 0.1) is 19.8 Å². The Bertz CT molecular complexity index is 1250. The highest BCUT2D eigenvalue weighted by atomic mass is 16.5. The molecule has 0 saturated heterocycles. The van der Waals surface area contributed by atoms with Gasteiger partial charge in [0.1, 0.15) is 17.6 Å². The average Bonchev–Trinajstić information content (AvgIpc) is 3.51. The number of hydrogen-bond donors (Lipinski definition) is 0. The predicted molar refractivity (Wildman–Crippen MR) is 149 cm³/mol. The summed E-state index contributed by atoms with van der Waals surface area (Å²) in [7, 11) is 0. The number of nitrogens with zero attached hydrogens (tertiary/aromatic N) is 1. The summed E-state index contributed by atoms with van der Waals surface area (Å²) in [5.74, 6) is 2.32. The zero-order valence-electron chi connectivity index (χ0n) is 23.3. The molecule has 2 aliphatic rings. The van der Waals surface area contributed by atoms with Crippen LogP contribution in [-0.2, 0) is 22.4 Å². The zero-order valence-corrected chi connectivity index (χ0v) is 23.3. The molecule has 5 rings (SSSR count). The van der Waals surface area contributed by atoms with Gasteiger partial charge < -0.3 is 18.9 Å². The van der Waals surface area contributed by atoms with E-state index in [1.807, 2.05) is 12.3 Å². The van der Waals surface area contributed by atoms with Gasteiger partial charge in [0.15, 0.2) is 0 Å². The number of benzene rings is 2. The van der Waals surface area contributed by atoms with Crippen molar-refractivity contribution in [2.24, 2.45) is 0 Å². The number of aryl methyl sites for hydroxylation is 2. The molecule has 0 amide bonds. The minimum atomic E-state index is -0.211. The lowest BCUT2D eigenvalue weighted by Crippen LogP contribution is -2.05. The van der Waals surface area contributed by atoms with Gasteiger partial charge in [0, 0.05) is 31.2 Å². The minimum Gasteiger partial charge on any atom is -0.494 e. The zero-order chi connectivity index (χ0) is 27.1. The van der Waals surface area contributed by atoms with Gasteiger partial charge in [-0.05, 0) is 85.5 Å². The number of rotatable bonds is 8. The SMILES string of the molecule is CCCCOc1cc(C)c(-c2cccc3c2CCC3Oc2cc3c(cn2)CCO3)c(C)c1.CCOC(C)=O. The summed E-state index contributed by atoms with van der Waals surface area (Å²) in [6, 6.07) is 12.9. The molecule has 0 spiro atoms. The molecule has 0 N–H and O–H groups in total. The van der Waals surface area contributed by atoms with Crippen LogP contribution in [0.3, 0.4) is 0 Å². The van der Waals surface area contributed by atoms with Crippen molar-refractivity contribution in [2.75, 3.05) is 19.8 Å². The minimum absolute atomic E-state index is 0.0224. The number of aromatic nitrogens is 1. The van der Waals surface area contributed by atoms with Crippen LogP contribution in [0.5, 0.6) is 17.4 Å². The highest BCUT2D eigenvalue weighted by Crippen LogP contribution is 2.42. The van der Waals surface area contributed by atoms with E-state index in [2.05, 4.69) is 60.8 Å². The summed E-state index contributed by atoms with van der Waals surface area (Å²) in [5.41, 5.74) is 8.97. The van der Waals surface area contributed by atoms with Crippen molar-refractivity contribution < 1.29 is 23.7 Å². The molecular formula is C32H39NO5. The Morgan fingerprint density at radius 2 is 1.89 bits per heavy atom. The molecule has 0 radical (unpaired) electrons. The Morgan fingerprint density at radius 1 is 1.11 bits per heavy atom. The molecule has 1 aromatic heterocycles. The molecule has 3 aromatic rings. The van der Waals surface area contributed by atoms with Gasteiger partial charge in [0.25, 0.3) is 0 Å². The quantitative estimate of drug-likeness (QED) is 0.234. The van der Waals surface area contributed by atoms with Crippen molar-refractivity contribution in [3.8, 4) is 28.5 Å². The van der Waals surface area contributed by atoms with Gasteiger partial charge in [0.2, 0.25) is 5.88 Å². The maximum absolute atomic E-state index is 9.82. The van der Waals surface area contributed by atoms with Gasteiger partial charge in [-0.25, -0.2) is 4.98 Å². The van der Waals surface area contributed by atoms with E-state index >= 15 is 0 Å². The topological polar surface area (TPSA) is 66.9 Å². The molecule has 2 heterocycles. The first kappa shape index (κ1) is 27.5. The number of unbranched alkanes of at least 4 members (excludes halogenated alkanes) is 1. The van der Waals surface area contributed by atoms with Crippen molar-refractivity contribution >= 4 is 5.97 Å². The molecule has 0 saturated carbocycles. The summed E-state index contributed by atoms with van der Waals surface area (Å²) in [4.78, 5) is 14.3. The van der Waals surface area contributed by atoms with Gasteiger partial charge >= 0.3 is 5.97 Å². The lowest BCUT2D eigenvalue weighted by Gasteiger charge is -2.18. The number of carbonyl (C=O) groups is 1. The average molecular weight is 518 g/mol. The molecule has 1 aliphatic heterocycles. The van der Waals surface area contributed by atoms with E-state index in [9.17, 15) is 4.79 Å². The number of hydrogen-bond acceptors (Lipinski definition) is 6. The van der Waals surface area contributed by atoms with Gasteiger partial charge in [-0.3, -0.25) is 4.79 Å². The molecule has 6 heteroatoms. The fourth-order valence-electron chi connectivity index (χ4n) is 5.19. The van der Waals surface area contributed by atoms with Crippen molar-refractivity contribution in [3.05, 3.63) is 70.4 Å². The lowest BCUT2D eigenvalue weighted by molar-refractivity contribution is -0.140. The molecule has 2 aromatic carbocycles. The second-order valence-electron chi connectivity index (χ2n) is 9.81. The van der Waals surface area contributed by atoms with Crippen molar-refractivity contribution in [1.82, 2.24) is 4.98 Å². The molecule has 0 fully saturated rings. The second-order valence-corrected chi connectivity index (χ2v) is 9.81. The van der Waals surface area contributed by atoms with Crippen LogP contribution in [-0.4, -0.2) is 30.8 Å². The Hall–Kier alpha value is -3.54. The summed E-state index contributed by atoms with van der Waals surface area (Å²) in [5, 5.41) is 0. The monoisotopic (exact) mass is 517 g/mol. The molecule has 1 atom stereocenters. The van der Waals surface area contributed by atoms with Crippen LogP contribution in [0.2, 0.25) is 0 Å². The molecule has 0 bridgehead atoms. The van der Waals surface area contributed by atoms with Crippen LogP contribution in [0.1, 0.15) is 74.0 Å². The highest BCUT2D eigenvalue weighted by Gasteiger charge is 2.28. The van der Waals surface area contributed by atoms with Crippen LogP contribution in [0.4, 0.5) is 0 Å². The molecule has 38 heavy (non-hydrogen) atoms. The predicted octanol–water partition coefficient (Wildman–Crippen LogP) is 7.11. The smallest absolute Gasteiger partial charge is 0.302 e. The standard InChI is InChI=1S/C28H31NO3.C4H8O2/c1-4-5-12-30-21-14-18(2)28(19(3)15-21)24-8-6-7-23-22(24)9-10-25(23)32-27-16-26-20(17-29-27)11-13-31-26;1-3-6-4(2)5/h6-8,14-17,25H,4-5,9-13H2,1-3H3;3H2,1-2H3. The fourth-order valence-corrected chi connectivity index (χ4v) is 5.19. The van der Waals surface area contributed by atoms with E-state index in [0.29, 0.717) is 12.5 Å². The van der Waals surface area contributed by atoms with Crippen LogP contribution >= 0.6 is 0 Å². The van der Waals surface area contributed by atoms with Crippen LogP contribution in [0.15, 0.2) is 42.6 Å². The first-order valence-electron chi connectivity index (χ1n) is 13.7. The van der Waals surface area contributed by atoms with E-state index in [-0.39, 0.29) is 12.1 Å². The number of pyridine rings is 1. The number of fused-ring (bicyclic) bond motifs is 2. The maximum atomic E-state index is 9.82. The molecule has 1 unspecified atom stereocenters. The van der Waals surface area contributed by atoms with E-state index in [4.69, 9.17) is 14.2 Å². The van der Waals surface area contributed by atoms with Crippen molar-refractivity contribution in [3.63, 3.8) is 0 Å². The Kier molecular flexibility index (Phi) is 9.27. The Balaban J connectivity index is 0.000000505.